The summed E-state index contributed by atoms with van der Waals surface area (Å²) in [6.07, 6.45) is 1.61. The predicted molar refractivity (Wildman–Crippen MR) is 103 cm³/mol. The van der Waals surface area contributed by atoms with Crippen LogP contribution in [0.2, 0.25) is 5.02 Å². The Hall–Kier alpha value is -1.34. The molecule has 1 aliphatic heterocycles. The third-order valence-electron chi connectivity index (χ3n) is 4.12. The van der Waals surface area contributed by atoms with Crippen LogP contribution in [0.15, 0.2) is 24.3 Å². The van der Waals surface area contributed by atoms with Crippen molar-refractivity contribution in [2.24, 2.45) is 5.73 Å². The maximum Gasteiger partial charge on any atom is 0.239 e. The monoisotopic (exact) mass is 388 g/mol. The molecule has 0 aliphatic carbocycles. The van der Waals surface area contributed by atoms with Crippen molar-refractivity contribution in [3.8, 4) is 0 Å². The molecule has 0 spiro atoms. The minimum atomic E-state index is -0.412. The van der Waals surface area contributed by atoms with E-state index >= 15 is 0 Å². The summed E-state index contributed by atoms with van der Waals surface area (Å²) in [6.45, 7) is 4.85. The summed E-state index contributed by atoms with van der Waals surface area (Å²) in [6, 6.07) is 6.74. The Labute approximate surface area is 160 Å². The highest BCUT2D eigenvalue weighted by Gasteiger charge is 2.25. The molecule has 3 N–H and O–H groups in total. The zero-order chi connectivity index (χ0) is 17.5. The summed E-state index contributed by atoms with van der Waals surface area (Å²) in [5.41, 5.74) is 6.51. The van der Waals surface area contributed by atoms with Gasteiger partial charge in [-0.2, -0.15) is 0 Å². The van der Waals surface area contributed by atoms with Crippen LogP contribution in [-0.4, -0.2) is 60.4 Å². The highest BCUT2D eigenvalue weighted by molar-refractivity contribution is 6.33. The first-order chi connectivity index (χ1) is 11.5. The van der Waals surface area contributed by atoms with Crippen LogP contribution >= 0.6 is 24.0 Å². The van der Waals surface area contributed by atoms with Crippen molar-refractivity contribution in [2.45, 2.75) is 25.8 Å². The fourth-order valence-corrected chi connectivity index (χ4v) is 2.93. The van der Waals surface area contributed by atoms with Crippen LogP contribution in [0.3, 0.4) is 0 Å². The molecule has 1 aliphatic rings. The minimum absolute atomic E-state index is 0. The molecule has 2 rings (SSSR count). The number of nitrogens with two attached hydrogens (primary N) is 1. The first-order valence-corrected chi connectivity index (χ1v) is 8.70. The lowest BCUT2D eigenvalue weighted by Crippen LogP contribution is -2.54. The summed E-state index contributed by atoms with van der Waals surface area (Å²) in [5.74, 6) is -0.0948. The number of rotatable bonds is 6. The van der Waals surface area contributed by atoms with Crippen LogP contribution < -0.4 is 11.1 Å². The van der Waals surface area contributed by atoms with Gasteiger partial charge in [-0.25, -0.2) is 0 Å². The number of halogens is 2. The number of benzene rings is 1. The van der Waals surface area contributed by atoms with E-state index in [0.29, 0.717) is 43.3 Å². The number of carbonyl (C=O) groups is 2. The Bertz CT molecular complexity index is 578. The second-order valence-corrected chi connectivity index (χ2v) is 6.43. The van der Waals surface area contributed by atoms with E-state index in [9.17, 15) is 9.59 Å². The van der Waals surface area contributed by atoms with Crippen molar-refractivity contribution in [1.82, 2.24) is 9.80 Å². The molecule has 1 atom stereocenters. The molecule has 1 saturated heterocycles. The normalized spacial score (nSPS) is 16.0. The van der Waals surface area contributed by atoms with Gasteiger partial charge in [0.2, 0.25) is 11.8 Å². The van der Waals surface area contributed by atoms with E-state index in [2.05, 4.69) is 5.32 Å². The molecule has 25 heavy (non-hydrogen) atoms. The summed E-state index contributed by atoms with van der Waals surface area (Å²) in [4.78, 5) is 28.1. The van der Waals surface area contributed by atoms with Crippen LogP contribution in [0, 0.1) is 0 Å². The molecular weight excluding hydrogens is 363 g/mol. The molecule has 2 amide bonds. The van der Waals surface area contributed by atoms with Gasteiger partial charge >= 0.3 is 0 Å². The lowest BCUT2D eigenvalue weighted by molar-refractivity contribution is -0.134. The number of para-hydroxylation sites is 1. The van der Waals surface area contributed by atoms with E-state index in [0.717, 1.165) is 6.42 Å². The first-order valence-electron chi connectivity index (χ1n) is 8.32. The SMILES string of the molecule is CCCC(N)C(=O)N1CCN(CC(=O)Nc2ccccc2Cl)CC1.Cl. The topological polar surface area (TPSA) is 78.7 Å². The summed E-state index contributed by atoms with van der Waals surface area (Å²) in [5, 5.41) is 3.33. The second-order valence-electron chi connectivity index (χ2n) is 6.02. The summed E-state index contributed by atoms with van der Waals surface area (Å²) in [7, 11) is 0. The van der Waals surface area contributed by atoms with Gasteiger partial charge in [-0.3, -0.25) is 14.5 Å². The van der Waals surface area contributed by atoms with Gasteiger partial charge in [0, 0.05) is 26.2 Å². The van der Waals surface area contributed by atoms with Crippen LogP contribution in [0.5, 0.6) is 0 Å². The maximum absolute atomic E-state index is 12.2. The van der Waals surface area contributed by atoms with Gasteiger partial charge < -0.3 is 16.0 Å². The number of carbonyl (C=O) groups excluding carboxylic acids is 2. The fraction of sp³-hybridized carbons (Fsp3) is 0.529. The Morgan fingerprint density at radius 1 is 1.24 bits per heavy atom. The van der Waals surface area contributed by atoms with Gasteiger partial charge in [0.15, 0.2) is 0 Å². The molecular formula is C17H26Cl2N4O2. The second kappa shape index (κ2) is 10.6. The van der Waals surface area contributed by atoms with E-state index in [1.165, 1.54) is 0 Å². The molecule has 1 aromatic rings. The van der Waals surface area contributed by atoms with Crippen LogP contribution in [0.25, 0.3) is 0 Å². The van der Waals surface area contributed by atoms with Crippen molar-refractivity contribution in [1.29, 1.82) is 0 Å². The van der Waals surface area contributed by atoms with Crippen molar-refractivity contribution in [3.63, 3.8) is 0 Å². The van der Waals surface area contributed by atoms with Gasteiger partial charge in [-0.15, -0.1) is 12.4 Å². The molecule has 1 fully saturated rings. The van der Waals surface area contributed by atoms with E-state index in [1.807, 2.05) is 24.0 Å². The number of nitrogens with one attached hydrogen (secondary N) is 1. The Kier molecular flexibility index (Phi) is 9.21. The number of hydrogen-bond acceptors (Lipinski definition) is 4. The van der Waals surface area contributed by atoms with Crippen LogP contribution in [0.4, 0.5) is 5.69 Å². The molecule has 1 aromatic carbocycles. The van der Waals surface area contributed by atoms with Crippen molar-refractivity contribution in [2.75, 3.05) is 38.0 Å². The Balaban J connectivity index is 0.00000312. The number of piperazine rings is 1. The lowest BCUT2D eigenvalue weighted by Gasteiger charge is -2.35. The van der Waals surface area contributed by atoms with Crippen LogP contribution in [0.1, 0.15) is 19.8 Å². The van der Waals surface area contributed by atoms with Gasteiger partial charge in [-0.05, 0) is 18.6 Å². The van der Waals surface area contributed by atoms with Crippen LogP contribution in [-0.2, 0) is 9.59 Å². The van der Waals surface area contributed by atoms with Gasteiger partial charge in [0.1, 0.15) is 0 Å². The smallest absolute Gasteiger partial charge is 0.239 e. The molecule has 140 valence electrons. The lowest BCUT2D eigenvalue weighted by atomic mass is 10.1. The first kappa shape index (κ1) is 21.7. The fourth-order valence-electron chi connectivity index (χ4n) is 2.75. The highest BCUT2D eigenvalue weighted by atomic mass is 35.5. The molecule has 6 nitrogen and oxygen atoms in total. The molecule has 0 saturated carbocycles. The van der Waals surface area contributed by atoms with Crippen molar-refractivity contribution in [3.05, 3.63) is 29.3 Å². The third-order valence-corrected chi connectivity index (χ3v) is 4.45. The maximum atomic E-state index is 12.2. The number of amides is 2. The van der Waals surface area contributed by atoms with Gasteiger partial charge in [-0.1, -0.05) is 37.1 Å². The Morgan fingerprint density at radius 3 is 2.48 bits per heavy atom. The zero-order valence-electron chi connectivity index (χ0n) is 14.4. The third kappa shape index (κ3) is 6.47. The van der Waals surface area contributed by atoms with Gasteiger partial charge in [0.05, 0.1) is 23.3 Å². The predicted octanol–water partition coefficient (Wildman–Crippen LogP) is 1.97. The van der Waals surface area contributed by atoms with E-state index < -0.39 is 6.04 Å². The quantitative estimate of drug-likeness (QED) is 0.780. The van der Waals surface area contributed by atoms with Crippen molar-refractivity contribution < 1.29 is 9.59 Å². The largest absolute Gasteiger partial charge is 0.339 e. The van der Waals surface area contributed by atoms with E-state index in [4.69, 9.17) is 17.3 Å². The highest BCUT2D eigenvalue weighted by Crippen LogP contribution is 2.20. The minimum Gasteiger partial charge on any atom is -0.339 e. The average Bonchev–Trinajstić information content (AvgIpc) is 2.57. The number of anilines is 1. The zero-order valence-corrected chi connectivity index (χ0v) is 16.0. The molecule has 0 aromatic heterocycles. The molecule has 1 heterocycles. The average molecular weight is 389 g/mol. The number of nitrogens with zero attached hydrogens (tertiary/aromatic N) is 2. The molecule has 8 heteroatoms. The molecule has 0 radical (unpaired) electrons. The van der Waals surface area contributed by atoms with Crippen molar-refractivity contribution >= 4 is 41.5 Å². The summed E-state index contributed by atoms with van der Waals surface area (Å²) >= 11 is 6.04. The number of hydrogen-bond donors (Lipinski definition) is 2. The van der Waals surface area contributed by atoms with Gasteiger partial charge in [0.25, 0.3) is 0 Å². The molecule has 1 unspecified atom stereocenters. The standard InChI is InChI=1S/C17H25ClN4O2.ClH/c1-2-5-14(19)17(24)22-10-8-21(9-11-22)12-16(23)20-15-7-4-3-6-13(15)18;/h3-4,6-7,14H,2,5,8-12,19H2,1H3,(H,20,23);1H. The summed E-state index contributed by atoms with van der Waals surface area (Å²) < 4.78 is 0. The molecule has 0 bridgehead atoms. The van der Waals surface area contributed by atoms with E-state index in [1.54, 1.807) is 17.0 Å². The Morgan fingerprint density at radius 2 is 1.88 bits per heavy atom. The van der Waals surface area contributed by atoms with E-state index in [-0.39, 0.29) is 30.8 Å².